The zero-order valence-electron chi connectivity index (χ0n) is 14.7. The number of para-hydroxylation sites is 1. The molecule has 0 bridgehead atoms. The zero-order chi connectivity index (χ0) is 18.8. The number of nitrogens with zero attached hydrogens (tertiary/aromatic N) is 1. The van der Waals surface area contributed by atoms with Gasteiger partial charge in [-0.1, -0.05) is 60.1 Å². The Balaban J connectivity index is 1.83. The van der Waals surface area contributed by atoms with Crippen LogP contribution in [0.4, 0.5) is 5.69 Å². The van der Waals surface area contributed by atoms with Crippen LogP contribution < -0.4 is 5.32 Å². The van der Waals surface area contributed by atoms with Gasteiger partial charge >= 0.3 is 0 Å². The molecule has 3 aromatic carbocycles. The molecular formula is C23H17ClN2O. The zero-order valence-corrected chi connectivity index (χ0v) is 15.5. The fraction of sp³-hybridized carbons (Fsp3) is 0.0435. The highest BCUT2D eigenvalue weighted by molar-refractivity contribution is 6.31. The van der Waals surface area contributed by atoms with Crippen molar-refractivity contribution < 1.29 is 4.79 Å². The van der Waals surface area contributed by atoms with Crippen LogP contribution in [-0.4, -0.2) is 10.9 Å². The number of hydrogen-bond acceptors (Lipinski definition) is 2. The number of aryl methyl sites for hydroxylation is 1. The monoisotopic (exact) mass is 372 g/mol. The Morgan fingerprint density at radius 1 is 0.926 bits per heavy atom. The molecule has 0 unspecified atom stereocenters. The standard InChI is InChI=1S/C23H17ClN2O/c1-15-7-2-3-10-18(15)22-14-20(19-11-4-5-12-21(19)26-22)23(27)25-17-9-6-8-16(24)13-17/h2-14H,1H3,(H,25,27). The van der Waals surface area contributed by atoms with E-state index in [4.69, 9.17) is 16.6 Å². The molecule has 0 aliphatic carbocycles. The molecule has 0 fully saturated rings. The third kappa shape index (κ3) is 3.55. The molecule has 0 radical (unpaired) electrons. The first-order valence-electron chi connectivity index (χ1n) is 8.64. The van der Waals surface area contributed by atoms with Crippen molar-refractivity contribution in [3.8, 4) is 11.3 Å². The number of amides is 1. The topological polar surface area (TPSA) is 42.0 Å². The lowest BCUT2D eigenvalue weighted by Gasteiger charge is -2.12. The number of hydrogen-bond donors (Lipinski definition) is 1. The van der Waals surface area contributed by atoms with E-state index in [1.165, 1.54) is 0 Å². The number of carbonyl (C=O) groups is 1. The van der Waals surface area contributed by atoms with Crippen LogP contribution in [0, 0.1) is 6.92 Å². The van der Waals surface area contributed by atoms with Gasteiger partial charge in [0, 0.05) is 21.7 Å². The molecule has 1 heterocycles. The molecule has 4 rings (SSSR count). The van der Waals surface area contributed by atoms with Crippen LogP contribution in [0.5, 0.6) is 0 Å². The van der Waals surface area contributed by atoms with Gasteiger partial charge < -0.3 is 5.32 Å². The normalized spacial score (nSPS) is 10.7. The molecule has 0 aliphatic heterocycles. The number of anilines is 1. The highest BCUT2D eigenvalue weighted by Crippen LogP contribution is 2.27. The highest BCUT2D eigenvalue weighted by Gasteiger charge is 2.15. The van der Waals surface area contributed by atoms with Crippen molar-refractivity contribution in [1.29, 1.82) is 0 Å². The Morgan fingerprint density at radius 3 is 2.52 bits per heavy atom. The Kier molecular flexibility index (Phi) is 4.61. The quantitative estimate of drug-likeness (QED) is 0.471. The fourth-order valence-electron chi connectivity index (χ4n) is 3.13. The Labute approximate surface area is 162 Å². The van der Waals surface area contributed by atoms with E-state index in [1.807, 2.05) is 67.6 Å². The Bertz CT molecular complexity index is 1150. The summed E-state index contributed by atoms with van der Waals surface area (Å²) >= 11 is 6.03. The van der Waals surface area contributed by atoms with Gasteiger partial charge in [-0.25, -0.2) is 4.98 Å². The smallest absolute Gasteiger partial charge is 0.256 e. The second-order valence-corrected chi connectivity index (χ2v) is 6.79. The summed E-state index contributed by atoms with van der Waals surface area (Å²) in [5.74, 6) is -0.189. The van der Waals surface area contributed by atoms with E-state index in [9.17, 15) is 4.79 Å². The lowest BCUT2D eigenvalue weighted by molar-refractivity contribution is 0.102. The van der Waals surface area contributed by atoms with E-state index in [0.717, 1.165) is 27.7 Å². The minimum absolute atomic E-state index is 0.189. The predicted molar refractivity (Wildman–Crippen MR) is 111 cm³/mol. The maximum absolute atomic E-state index is 13.0. The number of benzene rings is 3. The van der Waals surface area contributed by atoms with E-state index >= 15 is 0 Å². The third-order valence-electron chi connectivity index (χ3n) is 4.46. The van der Waals surface area contributed by atoms with Crippen LogP contribution in [0.3, 0.4) is 0 Å². The van der Waals surface area contributed by atoms with Crippen LogP contribution in [-0.2, 0) is 0 Å². The van der Waals surface area contributed by atoms with Gasteiger partial charge in [-0.3, -0.25) is 4.79 Å². The van der Waals surface area contributed by atoms with E-state index < -0.39 is 0 Å². The van der Waals surface area contributed by atoms with Crippen LogP contribution in [0.2, 0.25) is 5.02 Å². The maximum atomic E-state index is 13.0. The lowest BCUT2D eigenvalue weighted by Crippen LogP contribution is -2.13. The van der Waals surface area contributed by atoms with Crippen molar-refractivity contribution in [2.45, 2.75) is 6.92 Å². The number of nitrogens with one attached hydrogen (secondary N) is 1. The highest BCUT2D eigenvalue weighted by atomic mass is 35.5. The van der Waals surface area contributed by atoms with Crippen molar-refractivity contribution >= 4 is 34.1 Å². The fourth-order valence-corrected chi connectivity index (χ4v) is 3.32. The first kappa shape index (κ1) is 17.3. The summed E-state index contributed by atoms with van der Waals surface area (Å²) in [5, 5.41) is 4.32. The molecule has 4 aromatic rings. The van der Waals surface area contributed by atoms with Gasteiger partial charge in [0.05, 0.1) is 16.8 Å². The number of pyridine rings is 1. The van der Waals surface area contributed by atoms with Gasteiger partial charge in [0.1, 0.15) is 0 Å². The van der Waals surface area contributed by atoms with Crippen LogP contribution >= 0.6 is 11.6 Å². The molecule has 0 aliphatic rings. The summed E-state index contributed by atoms with van der Waals surface area (Å²) in [6.45, 7) is 2.04. The number of aromatic nitrogens is 1. The molecule has 1 amide bonds. The predicted octanol–water partition coefficient (Wildman–Crippen LogP) is 6.12. The summed E-state index contributed by atoms with van der Waals surface area (Å²) in [6, 6.07) is 24.7. The largest absolute Gasteiger partial charge is 0.322 e. The second-order valence-electron chi connectivity index (χ2n) is 6.35. The number of fused-ring (bicyclic) bond motifs is 1. The average molecular weight is 373 g/mol. The molecule has 0 saturated heterocycles. The van der Waals surface area contributed by atoms with E-state index in [-0.39, 0.29) is 5.91 Å². The molecule has 0 atom stereocenters. The molecule has 1 N–H and O–H groups in total. The van der Waals surface area contributed by atoms with E-state index in [0.29, 0.717) is 16.3 Å². The average Bonchev–Trinajstić information content (AvgIpc) is 2.67. The van der Waals surface area contributed by atoms with Crippen molar-refractivity contribution in [1.82, 2.24) is 4.98 Å². The van der Waals surface area contributed by atoms with Crippen molar-refractivity contribution in [2.24, 2.45) is 0 Å². The Morgan fingerprint density at radius 2 is 1.70 bits per heavy atom. The van der Waals surface area contributed by atoms with Gasteiger partial charge in [0.15, 0.2) is 0 Å². The molecule has 27 heavy (non-hydrogen) atoms. The second kappa shape index (κ2) is 7.22. The minimum atomic E-state index is -0.189. The minimum Gasteiger partial charge on any atom is -0.322 e. The van der Waals surface area contributed by atoms with Gasteiger partial charge in [0.2, 0.25) is 0 Å². The van der Waals surface area contributed by atoms with Crippen LogP contribution in [0.25, 0.3) is 22.2 Å². The van der Waals surface area contributed by atoms with Crippen molar-refractivity contribution in [2.75, 3.05) is 5.32 Å². The van der Waals surface area contributed by atoms with Gasteiger partial charge in [-0.2, -0.15) is 0 Å². The van der Waals surface area contributed by atoms with Crippen LogP contribution in [0.1, 0.15) is 15.9 Å². The first-order chi connectivity index (χ1) is 13.1. The third-order valence-corrected chi connectivity index (χ3v) is 4.70. The van der Waals surface area contributed by atoms with Crippen molar-refractivity contribution in [3.63, 3.8) is 0 Å². The SMILES string of the molecule is Cc1ccccc1-c1cc(C(=O)Nc2cccc(Cl)c2)c2ccccc2n1. The Hall–Kier alpha value is -3.17. The summed E-state index contributed by atoms with van der Waals surface area (Å²) in [5.41, 5.74) is 4.93. The summed E-state index contributed by atoms with van der Waals surface area (Å²) in [4.78, 5) is 17.8. The molecular weight excluding hydrogens is 356 g/mol. The number of rotatable bonds is 3. The van der Waals surface area contributed by atoms with Gasteiger partial charge in [-0.05, 0) is 42.8 Å². The van der Waals surface area contributed by atoms with Gasteiger partial charge in [0.25, 0.3) is 5.91 Å². The summed E-state index contributed by atoms with van der Waals surface area (Å²) in [7, 11) is 0. The molecule has 0 spiro atoms. The molecule has 132 valence electrons. The molecule has 0 saturated carbocycles. The first-order valence-corrected chi connectivity index (χ1v) is 9.02. The van der Waals surface area contributed by atoms with Crippen molar-refractivity contribution in [3.05, 3.63) is 95.0 Å². The van der Waals surface area contributed by atoms with Gasteiger partial charge in [-0.15, -0.1) is 0 Å². The summed E-state index contributed by atoms with van der Waals surface area (Å²) < 4.78 is 0. The summed E-state index contributed by atoms with van der Waals surface area (Å²) in [6.07, 6.45) is 0. The van der Waals surface area contributed by atoms with E-state index in [1.54, 1.807) is 18.2 Å². The van der Waals surface area contributed by atoms with Crippen LogP contribution in [0.15, 0.2) is 78.9 Å². The lowest BCUT2D eigenvalue weighted by atomic mass is 10.0. The molecule has 3 nitrogen and oxygen atoms in total. The molecule has 1 aromatic heterocycles. The molecule has 4 heteroatoms. The van der Waals surface area contributed by atoms with E-state index in [2.05, 4.69) is 5.32 Å². The number of carbonyl (C=O) groups excluding carboxylic acids is 1. The maximum Gasteiger partial charge on any atom is 0.256 e. The number of halogens is 1.